The Morgan fingerprint density at radius 2 is 1.22 bits per heavy atom. The van der Waals surface area contributed by atoms with Crippen molar-refractivity contribution in [2.24, 2.45) is 0 Å². The lowest BCUT2D eigenvalue weighted by Gasteiger charge is -2.31. The number of hydrogen-bond acceptors (Lipinski definition) is 6. The van der Waals surface area contributed by atoms with Crippen molar-refractivity contribution < 1.29 is 28.9 Å². The van der Waals surface area contributed by atoms with Gasteiger partial charge in [-0.3, -0.25) is 14.5 Å². The first-order chi connectivity index (χ1) is 17.4. The van der Waals surface area contributed by atoms with Crippen LogP contribution >= 0.6 is 0 Å². The summed E-state index contributed by atoms with van der Waals surface area (Å²) in [7, 11) is 4.79. The Hall–Kier alpha value is -4.10. The summed E-state index contributed by atoms with van der Waals surface area (Å²) in [6, 6.07) is 20.2. The third-order valence-electron chi connectivity index (χ3n) is 6.44. The number of carbonyl (C=O) groups excluding carboxylic acids is 2. The highest BCUT2D eigenvalue weighted by molar-refractivity contribution is 6.12. The summed E-state index contributed by atoms with van der Waals surface area (Å²) in [5.41, 5.74) is 1.39. The third-order valence-corrected chi connectivity index (χ3v) is 6.44. The molecule has 0 fully saturated rings. The molecular formula is C29H29NO6. The minimum atomic E-state index is -1.47. The van der Waals surface area contributed by atoms with Gasteiger partial charge in [-0.2, -0.15) is 0 Å². The molecule has 0 unspecified atom stereocenters. The van der Waals surface area contributed by atoms with Crippen LogP contribution < -0.4 is 14.2 Å². The van der Waals surface area contributed by atoms with Crippen molar-refractivity contribution in [2.75, 3.05) is 27.9 Å². The maximum atomic E-state index is 12.3. The van der Waals surface area contributed by atoms with Crippen LogP contribution in [-0.4, -0.2) is 49.7 Å². The van der Waals surface area contributed by atoms with E-state index < -0.39 is 5.60 Å². The minimum absolute atomic E-state index is 0.297. The van der Waals surface area contributed by atoms with Crippen LogP contribution in [0.4, 0.5) is 0 Å². The van der Waals surface area contributed by atoms with Crippen molar-refractivity contribution in [3.63, 3.8) is 0 Å². The molecule has 0 saturated heterocycles. The van der Waals surface area contributed by atoms with Crippen molar-refractivity contribution in [1.29, 1.82) is 0 Å². The molecule has 1 heterocycles. The summed E-state index contributed by atoms with van der Waals surface area (Å²) in [4.78, 5) is 25.0. The van der Waals surface area contributed by atoms with E-state index in [-0.39, 0.29) is 11.8 Å². The van der Waals surface area contributed by atoms with Gasteiger partial charge in [0.15, 0.2) is 0 Å². The van der Waals surface area contributed by atoms with E-state index in [2.05, 4.69) is 0 Å². The van der Waals surface area contributed by atoms with Crippen molar-refractivity contribution in [3.8, 4) is 17.2 Å². The molecule has 186 valence electrons. The number of methoxy groups -OCH3 is 3. The predicted molar refractivity (Wildman–Crippen MR) is 135 cm³/mol. The Morgan fingerprint density at radius 3 is 1.69 bits per heavy atom. The van der Waals surface area contributed by atoms with Gasteiger partial charge in [-0.05, 0) is 71.5 Å². The highest BCUT2D eigenvalue weighted by Gasteiger charge is 2.34. The third kappa shape index (κ3) is 4.83. The van der Waals surface area contributed by atoms with Crippen molar-refractivity contribution in [2.45, 2.75) is 18.4 Å². The number of rotatable bonds is 10. The zero-order valence-electron chi connectivity index (χ0n) is 20.6. The van der Waals surface area contributed by atoms with Crippen LogP contribution in [0.5, 0.6) is 17.2 Å². The predicted octanol–water partition coefficient (Wildman–Crippen LogP) is 3.85. The smallest absolute Gasteiger partial charge is 0.253 e. The van der Waals surface area contributed by atoms with Crippen LogP contribution in [0.3, 0.4) is 0 Å². The van der Waals surface area contributed by atoms with Gasteiger partial charge in [0.1, 0.15) is 22.8 Å². The Bertz CT molecular complexity index is 1200. The van der Waals surface area contributed by atoms with E-state index in [9.17, 15) is 14.7 Å². The number of carbonyl (C=O) groups is 2. The van der Waals surface area contributed by atoms with E-state index in [0.717, 1.165) is 5.56 Å². The molecular weight excluding hydrogens is 458 g/mol. The summed E-state index contributed by atoms with van der Waals surface area (Å²) < 4.78 is 16.2. The van der Waals surface area contributed by atoms with E-state index in [1.807, 2.05) is 66.7 Å². The van der Waals surface area contributed by atoms with Crippen LogP contribution in [0, 0.1) is 0 Å². The summed E-state index contributed by atoms with van der Waals surface area (Å²) >= 11 is 0. The molecule has 1 aliphatic rings. The molecule has 2 amide bonds. The highest BCUT2D eigenvalue weighted by Crippen LogP contribution is 2.39. The number of ether oxygens (including phenoxy) is 3. The number of imide groups is 1. The van der Waals surface area contributed by atoms with E-state index in [0.29, 0.717) is 53.3 Å². The molecule has 0 atom stereocenters. The van der Waals surface area contributed by atoms with Crippen molar-refractivity contribution >= 4 is 11.8 Å². The zero-order chi connectivity index (χ0) is 25.7. The highest BCUT2D eigenvalue weighted by atomic mass is 16.5. The fourth-order valence-corrected chi connectivity index (χ4v) is 4.44. The van der Waals surface area contributed by atoms with Gasteiger partial charge >= 0.3 is 0 Å². The number of nitrogens with zero attached hydrogens (tertiary/aromatic N) is 1. The van der Waals surface area contributed by atoms with Crippen molar-refractivity contribution in [1.82, 2.24) is 4.90 Å². The fraction of sp³-hybridized carbons (Fsp3) is 0.241. The first kappa shape index (κ1) is 25.0. The number of hydrogen-bond donors (Lipinski definition) is 1. The Labute approximate surface area is 210 Å². The molecule has 0 aliphatic carbocycles. The topological polar surface area (TPSA) is 85.3 Å². The molecule has 7 nitrogen and oxygen atoms in total. The van der Waals surface area contributed by atoms with Gasteiger partial charge < -0.3 is 19.3 Å². The fourth-order valence-electron chi connectivity index (χ4n) is 4.44. The summed E-state index contributed by atoms with van der Waals surface area (Å²) in [6.07, 6.45) is 3.68. The Kier molecular flexibility index (Phi) is 7.41. The van der Waals surface area contributed by atoms with Crippen molar-refractivity contribution in [3.05, 3.63) is 101 Å². The molecule has 36 heavy (non-hydrogen) atoms. The van der Waals surface area contributed by atoms with Gasteiger partial charge in [0.05, 0.1) is 21.3 Å². The average Bonchev–Trinajstić information content (AvgIpc) is 3.25. The van der Waals surface area contributed by atoms with E-state index in [1.165, 1.54) is 17.1 Å². The standard InChI is InChI=1S/C29H29NO6/c1-34-24-11-6-21(7-12-24)29(33,22-8-13-25(35-2)14-9-22)23-10-15-26(36-3)20(19-23)5-4-18-30-27(31)16-17-28(30)32/h6-17,19,33H,4-5,18H2,1-3H3. The van der Waals surface area contributed by atoms with Crippen LogP contribution in [0.25, 0.3) is 0 Å². The SMILES string of the molecule is COc1ccc(C(O)(c2ccc(OC)cc2)c2ccc(OC)c(CCCN3C(=O)C=CC3=O)c2)cc1. The lowest BCUT2D eigenvalue weighted by Crippen LogP contribution is -2.31. The lowest BCUT2D eigenvalue weighted by molar-refractivity contribution is -0.136. The molecule has 7 heteroatoms. The molecule has 3 aromatic carbocycles. The van der Waals surface area contributed by atoms with Gasteiger partial charge in [-0.25, -0.2) is 0 Å². The zero-order valence-corrected chi connectivity index (χ0v) is 20.6. The quantitative estimate of drug-likeness (QED) is 0.345. The molecule has 0 aromatic heterocycles. The Balaban J connectivity index is 1.71. The number of aliphatic hydroxyl groups is 1. The number of amides is 2. The molecule has 0 saturated carbocycles. The van der Waals surface area contributed by atoms with Gasteiger partial charge in [0, 0.05) is 18.7 Å². The van der Waals surface area contributed by atoms with Crippen LogP contribution in [0.15, 0.2) is 78.9 Å². The van der Waals surface area contributed by atoms with Gasteiger partial charge in [-0.15, -0.1) is 0 Å². The van der Waals surface area contributed by atoms with E-state index >= 15 is 0 Å². The maximum absolute atomic E-state index is 12.3. The summed E-state index contributed by atoms with van der Waals surface area (Å²) in [5, 5.41) is 12.3. The molecule has 0 spiro atoms. The van der Waals surface area contributed by atoms with Crippen LogP contribution in [0.1, 0.15) is 28.7 Å². The normalized spacial score (nSPS) is 13.3. The first-order valence-electron chi connectivity index (χ1n) is 11.6. The number of benzene rings is 3. The first-order valence-corrected chi connectivity index (χ1v) is 11.6. The monoisotopic (exact) mass is 487 g/mol. The second-order valence-corrected chi connectivity index (χ2v) is 8.46. The van der Waals surface area contributed by atoms with E-state index in [1.54, 1.807) is 21.3 Å². The average molecular weight is 488 g/mol. The van der Waals surface area contributed by atoms with Crippen LogP contribution in [-0.2, 0) is 21.6 Å². The second kappa shape index (κ2) is 10.7. The lowest BCUT2D eigenvalue weighted by atomic mass is 9.79. The van der Waals surface area contributed by atoms with Gasteiger partial charge in [0.25, 0.3) is 11.8 Å². The molecule has 3 aromatic rings. The minimum Gasteiger partial charge on any atom is -0.497 e. The van der Waals surface area contributed by atoms with Gasteiger partial charge in [-0.1, -0.05) is 30.3 Å². The molecule has 0 bridgehead atoms. The molecule has 0 radical (unpaired) electrons. The number of aryl methyl sites for hydroxylation is 1. The molecule has 1 aliphatic heterocycles. The Morgan fingerprint density at radius 1 is 0.722 bits per heavy atom. The maximum Gasteiger partial charge on any atom is 0.253 e. The molecule has 1 N–H and O–H groups in total. The summed E-state index contributed by atoms with van der Waals surface area (Å²) in [5.74, 6) is 1.45. The largest absolute Gasteiger partial charge is 0.497 e. The van der Waals surface area contributed by atoms with E-state index in [4.69, 9.17) is 14.2 Å². The van der Waals surface area contributed by atoms with Crippen LogP contribution in [0.2, 0.25) is 0 Å². The second-order valence-electron chi connectivity index (χ2n) is 8.46. The summed E-state index contributed by atoms with van der Waals surface area (Å²) in [6.45, 7) is 0.305. The van der Waals surface area contributed by atoms with Gasteiger partial charge in [0.2, 0.25) is 0 Å². The molecule has 4 rings (SSSR count).